The number of ether oxygens (including phenoxy) is 1. The summed E-state index contributed by atoms with van der Waals surface area (Å²) in [5, 5.41) is 0. The molecule has 0 amide bonds. The summed E-state index contributed by atoms with van der Waals surface area (Å²) in [6.45, 7) is 6.74. The second-order valence-electron chi connectivity index (χ2n) is 4.14. The molecule has 1 aromatic carbocycles. The van der Waals surface area contributed by atoms with Gasteiger partial charge in [-0.2, -0.15) is 0 Å². The third-order valence-corrected chi connectivity index (χ3v) is 3.67. The van der Waals surface area contributed by atoms with Crippen molar-refractivity contribution >= 4 is 10.8 Å². The molecular weight excluding hydrogens is 220 g/mol. The maximum atomic E-state index is 11.9. The summed E-state index contributed by atoms with van der Waals surface area (Å²) in [6.07, 6.45) is 1.10. The Morgan fingerprint density at radius 1 is 1.25 bits per heavy atom. The highest BCUT2D eigenvalue weighted by atomic mass is 32.2. The fraction of sp³-hybridized carbons (Fsp3) is 0.538. The minimum absolute atomic E-state index is 0.257. The van der Waals surface area contributed by atoms with Crippen molar-refractivity contribution in [1.82, 2.24) is 0 Å². The SMILES string of the molecule is Cc1ccc([S@@](=O)CCCOC(C)C)cc1. The molecule has 1 aromatic rings. The Morgan fingerprint density at radius 3 is 2.44 bits per heavy atom. The van der Waals surface area contributed by atoms with Crippen molar-refractivity contribution in [2.24, 2.45) is 0 Å². The largest absolute Gasteiger partial charge is 0.379 e. The summed E-state index contributed by atoms with van der Waals surface area (Å²) in [5.41, 5.74) is 1.20. The molecule has 0 heterocycles. The topological polar surface area (TPSA) is 26.3 Å². The molecule has 2 nitrogen and oxygen atoms in total. The van der Waals surface area contributed by atoms with Gasteiger partial charge in [0, 0.05) is 17.3 Å². The van der Waals surface area contributed by atoms with E-state index in [4.69, 9.17) is 4.74 Å². The number of hydrogen-bond donors (Lipinski definition) is 0. The molecule has 0 aliphatic carbocycles. The molecule has 0 radical (unpaired) electrons. The normalized spacial score (nSPS) is 13.0. The van der Waals surface area contributed by atoms with Gasteiger partial charge in [-0.05, 0) is 39.3 Å². The molecule has 3 heteroatoms. The van der Waals surface area contributed by atoms with Crippen LogP contribution in [0.2, 0.25) is 0 Å². The van der Waals surface area contributed by atoms with Crippen LogP contribution >= 0.6 is 0 Å². The first-order chi connectivity index (χ1) is 7.59. The average molecular weight is 240 g/mol. The Kier molecular flexibility index (Phi) is 5.71. The molecule has 90 valence electrons. The maximum Gasteiger partial charge on any atom is 0.0530 e. The van der Waals surface area contributed by atoms with Crippen molar-refractivity contribution in [3.05, 3.63) is 29.8 Å². The van der Waals surface area contributed by atoms with E-state index in [9.17, 15) is 4.21 Å². The van der Waals surface area contributed by atoms with Crippen LogP contribution in [0.15, 0.2) is 29.2 Å². The van der Waals surface area contributed by atoms with Gasteiger partial charge >= 0.3 is 0 Å². The van der Waals surface area contributed by atoms with Crippen LogP contribution in [0, 0.1) is 6.92 Å². The van der Waals surface area contributed by atoms with Crippen molar-refractivity contribution in [2.45, 2.75) is 38.2 Å². The van der Waals surface area contributed by atoms with E-state index >= 15 is 0 Å². The van der Waals surface area contributed by atoms with Gasteiger partial charge in [-0.15, -0.1) is 0 Å². The number of benzene rings is 1. The minimum Gasteiger partial charge on any atom is -0.379 e. The lowest BCUT2D eigenvalue weighted by molar-refractivity contribution is 0.0798. The molecule has 0 aliphatic rings. The Hall–Kier alpha value is -0.670. The second kappa shape index (κ2) is 6.81. The molecule has 0 N–H and O–H groups in total. The average Bonchev–Trinajstić information content (AvgIpc) is 2.25. The van der Waals surface area contributed by atoms with E-state index in [0.717, 1.165) is 11.3 Å². The number of hydrogen-bond acceptors (Lipinski definition) is 2. The van der Waals surface area contributed by atoms with E-state index in [1.165, 1.54) is 5.56 Å². The highest BCUT2D eigenvalue weighted by Crippen LogP contribution is 2.09. The predicted molar refractivity (Wildman–Crippen MR) is 68.2 cm³/mol. The third kappa shape index (κ3) is 4.90. The Balaban J connectivity index is 2.32. The van der Waals surface area contributed by atoms with Crippen molar-refractivity contribution in [1.29, 1.82) is 0 Å². The van der Waals surface area contributed by atoms with Gasteiger partial charge in [-0.3, -0.25) is 4.21 Å². The minimum atomic E-state index is -0.886. The summed E-state index contributed by atoms with van der Waals surface area (Å²) in [5.74, 6) is 0.676. The first-order valence-electron chi connectivity index (χ1n) is 5.66. The van der Waals surface area contributed by atoms with Crippen molar-refractivity contribution in [3.63, 3.8) is 0 Å². The van der Waals surface area contributed by atoms with Crippen molar-refractivity contribution in [2.75, 3.05) is 12.4 Å². The first kappa shape index (κ1) is 13.4. The highest BCUT2D eigenvalue weighted by molar-refractivity contribution is 7.85. The molecule has 0 aliphatic heterocycles. The van der Waals surface area contributed by atoms with Crippen molar-refractivity contribution < 1.29 is 8.95 Å². The molecule has 16 heavy (non-hydrogen) atoms. The molecule has 1 atom stereocenters. The monoisotopic (exact) mass is 240 g/mol. The van der Waals surface area contributed by atoms with Crippen LogP contribution in [0.5, 0.6) is 0 Å². The van der Waals surface area contributed by atoms with Gasteiger partial charge in [0.1, 0.15) is 0 Å². The Bertz CT molecular complexity index is 330. The third-order valence-electron chi connectivity index (χ3n) is 2.21. The van der Waals surface area contributed by atoms with E-state index in [1.54, 1.807) is 0 Å². The van der Waals surface area contributed by atoms with Gasteiger partial charge in [-0.25, -0.2) is 0 Å². The summed E-state index contributed by atoms with van der Waals surface area (Å²) in [7, 11) is -0.886. The zero-order valence-corrected chi connectivity index (χ0v) is 11.0. The van der Waals surface area contributed by atoms with E-state index in [1.807, 2.05) is 45.0 Å². The van der Waals surface area contributed by atoms with Gasteiger partial charge in [0.25, 0.3) is 0 Å². The standard InChI is InChI=1S/C13H20O2S/c1-11(2)15-9-4-10-16(14)13-7-5-12(3)6-8-13/h5-8,11H,4,9-10H2,1-3H3/t16-/m0/s1. The van der Waals surface area contributed by atoms with Crippen LogP contribution in [0.1, 0.15) is 25.8 Å². The molecule has 0 saturated heterocycles. The predicted octanol–water partition coefficient (Wildman–Crippen LogP) is 2.92. The Labute approximate surface area is 100 Å². The molecule has 1 rings (SSSR count). The summed E-state index contributed by atoms with van der Waals surface area (Å²) < 4.78 is 17.3. The summed E-state index contributed by atoms with van der Waals surface area (Å²) >= 11 is 0. The van der Waals surface area contributed by atoms with Crippen LogP contribution < -0.4 is 0 Å². The molecule has 0 fully saturated rings. The lowest BCUT2D eigenvalue weighted by Crippen LogP contribution is -2.07. The highest BCUT2D eigenvalue weighted by Gasteiger charge is 2.03. The lowest BCUT2D eigenvalue weighted by Gasteiger charge is -2.07. The van der Waals surface area contributed by atoms with E-state index in [2.05, 4.69) is 0 Å². The quantitative estimate of drug-likeness (QED) is 0.715. The second-order valence-corrected chi connectivity index (χ2v) is 5.71. The summed E-state index contributed by atoms with van der Waals surface area (Å²) in [6, 6.07) is 7.87. The molecule has 0 unspecified atom stereocenters. The smallest absolute Gasteiger partial charge is 0.0530 e. The molecule has 0 spiro atoms. The van der Waals surface area contributed by atoms with E-state index in [0.29, 0.717) is 12.4 Å². The van der Waals surface area contributed by atoms with Gasteiger partial charge < -0.3 is 4.74 Å². The van der Waals surface area contributed by atoms with Gasteiger partial charge in [-0.1, -0.05) is 17.7 Å². The summed E-state index contributed by atoms with van der Waals surface area (Å²) in [4.78, 5) is 0.912. The lowest BCUT2D eigenvalue weighted by atomic mass is 10.2. The number of rotatable bonds is 6. The van der Waals surface area contributed by atoms with Crippen molar-refractivity contribution in [3.8, 4) is 0 Å². The van der Waals surface area contributed by atoms with Gasteiger partial charge in [0.2, 0.25) is 0 Å². The number of aryl methyl sites for hydroxylation is 1. The fourth-order valence-corrected chi connectivity index (χ4v) is 2.37. The Morgan fingerprint density at radius 2 is 1.88 bits per heavy atom. The molecule has 0 bridgehead atoms. The van der Waals surface area contributed by atoms with E-state index in [-0.39, 0.29) is 6.10 Å². The maximum absolute atomic E-state index is 11.9. The van der Waals surface area contributed by atoms with Crippen LogP contribution in [-0.4, -0.2) is 22.7 Å². The van der Waals surface area contributed by atoms with Crippen LogP contribution in [0.3, 0.4) is 0 Å². The zero-order chi connectivity index (χ0) is 12.0. The zero-order valence-electron chi connectivity index (χ0n) is 10.2. The van der Waals surface area contributed by atoms with E-state index < -0.39 is 10.8 Å². The fourth-order valence-electron chi connectivity index (χ4n) is 1.32. The molecule has 0 aromatic heterocycles. The van der Waals surface area contributed by atoms with Gasteiger partial charge in [0.05, 0.1) is 16.9 Å². The molecular formula is C13H20O2S. The van der Waals surface area contributed by atoms with Gasteiger partial charge in [0.15, 0.2) is 0 Å². The first-order valence-corrected chi connectivity index (χ1v) is 6.98. The van der Waals surface area contributed by atoms with Crippen LogP contribution in [0.25, 0.3) is 0 Å². The van der Waals surface area contributed by atoms with Crippen LogP contribution in [-0.2, 0) is 15.5 Å². The van der Waals surface area contributed by atoms with Crippen LogP contribution in [0.4, 0.5) is 0 Å². The molecule has 0 saturated carbocycles.